The highest BCUT2D eigenvalue weighted by Crippen LogP contribution is 2.15. The number of pyridine rings is 1. The number of allylic oxidation sites excluding steroid dienone is 1. The van der Waals surface area contributed by atoms with Crippen LogP contribution >= 0.6 is 11.6 Å². The van der Waals surface area contributed by atoms with Gasteiger partial charge in [0.2, 0.25) is 0 Å². The Bertz CT molecular complexity index is 590. The summed E-state index contributed by atoms with van der Waals surface area (Å²) in [4.78, 5) is 16.6. The number of hydrogen-bond acceptors (Lipinski definition) is 5. The van der Waals surface area contributed by atoms with Gasteiger partial charge >= 0.3 is 6.09 Å². The average molecular weight is 353 g/mol. The van der Waals surface area contributed by atoms with Gasteiger partial charge in [-0.15, -0.1) is 0 Å². The quantitative estimate of drug-likeness (QED) is 0.336. The van der Waals surface area contributed by atoms with Gasteiger partial charge in [-0.2, -0.15) is 0 Å². The number of nitrogens with one attached hydrogen (secondary N) is 1. The second kappa shape index (κ2) is 8.94. The van der Waals surface area contributed by atoms with E-state index in [0.717, 1.165) is 17.6 Å². The molecule has 1 aromatic heterocycles. The molecule has 1 heterocycles. The van der Waals surface area contributed by atoms with Crippen molar-refractivity contribution < 1.29 is 9.53 Å². The first-order chi connectivity index (χ1) is 11.1. The smallest absolute Gasteiger partial charge is 0.425 e. The summed E-state index contributed by atoms with van der Waals surface area (Å²) >= 11 is 6.17. The maximum atomic E-state index is 12.4. The molecule has 0 aliphatic rings. The van der Waals surface area contributed by atoms with Crippen molar-refractivity contribution in [1.29, 1.82) is 0 Å². The van der Waals surface area contributed by atoms with E-state index >= 15 is 0 Å². The number of carbonyl (C=O) groups excluding carboxylic acids is 1. The molecule has 0 radical (unpaired) electrons. The molecule has 0 saturated carbocycles. The van der Waals surface area contributed by atoms with Crippen LogP contribution in [0.5, 0.6) is 0 Å². The van der Waals surface area contributed by atoms with Crippen LogP contribution in [0.2, 0.25) is 5.15 Å². The number of aromatic nitrogens is 1. The Morgan fingerprint density at radius 3 is 2.71 bits per heavy atom. The maximum absolute atomic E-state index is 12.4. The summed E-state index contributed by atoms with van der Waals surface area (Å²) in [5, 5.41) is 1.78. The number of halogens is 1. The molecule has 24 heavy (non-hydrogen) atoms. The normalized spacial score (nSPS) is 11.2. The molecule has 0 spiro atoms. The SMILES string of the molecule is Bc1ccc(CN(NCCCC(=C)N)C(=O)OC(C)(C)C)c(Cl)n1. The maximum Gasteiger partial charge on any atom is 0.425 e. The average Bonchev–Trinajstić information content (AvgIpc) is 2.42. The van der Waals surface area contributed by atoms with Crippen molar-refractivity contribution in [2.45, 2.75) is 45.8 Å². The molecule has 0 aromatic carbocycles. The van der Waals surface area contributed by atoms with Crippen LogP contribution in [0, 0.1) is 0 Å². The molecule has 8 heteroatoms. The summed E-state index contributed by atoms with van der Waals surface area (Å²) in [7, 11) is 1.86. The van der Waals surface area contributed by atoms with E-state index in [1.54, 1.807) is 0 Å². The summed E-state index contributed by atoms with van der Waals surface area (Å²) < 4.78 is 5.43. The number of carbonyl (C=O) groups is 1. The van der Waals surface area contributed by atoms with E-state index in [-0.39, 0.29) is 6.54 Å². The second-order valence-electron chi connectivity index (χ2n) is 6.64. The first kappa shape index (κ1) is 20.3. The van der Waals surface area contributed by atoms with Gasteiger partial charge in [-0.3, -0.25) is 4.98 Å². The van der Waals surface area contributed by atoms with Crippen LogP contribution in [0.1, 0.15) is 39.2 Å². The van der Waals surface area contributed by atoms with Crippen molar-refractivity contribution in [2.75, 3.05) is 6.54 Å². The van der Waals surface area contributed by atoms with Crippen LogP contribution in [0.15, 0.2) is 24.4 Å². The summed E-state index contributed by atoms with van der Waals surface area (Å²) in [6.45, 7) is 9.94. The third-order valence-corrected chi connectivity index (χ3v) is 3.31. The minimum atomic E-state index is -0.585. The number of amides is 1. The fourth-order valence-corrected chi connectivity index (χ4v) is 2.13. The molecule has 0 aliphatic heterocycles. The van der Waals surface area contributed by atoms with E-state index in [0.29, 0.717) is 23.8 Å². The Balaban J connectivity index is 2.79. The first-order valence-corrected chi connectivity index (χ1v) is 8.25. The predicted molar refractivity (Wildman–Crippen MR) is 99.8 cm³/mol. The van der Waals surface area contributed by atoms with Gasteiger partial charge in [0, 0.05) is 17.8 Å². The van der Waals surface area contributed by atoms with Gasteiger partial charge < -0.3 is 10.5 Å². The number of nitrogens with zero attached hydrogens (tertiary/aromatic N) is 2. The Hall–Kier alpha value is -1.73. The highest BCUT2D eigenvalue weighted by Gasteiger charge is 2.23. The molecular weight excluding hydrogens is 326 g/mol. The van der Waals surface area contributed by atoms with E-state index in [1.165, 1.54) is 5.01 Å². The number of hydrogen-bond donors (Lipinski definition) is 2. The first-order valence-electron chi connectivity index (χ1n) is 7.88. The molecule has 1 rings (SSSR count). The van der Waals surface area contributed by atoms with Crippen molar-refractivity contribution in [2.24, 2.45) is 5.73 Å². The van der Waals surface area contributed by atoms with E-state index < -0.39 is 11.7 Å². The molecule has 0 aliphatic carbocycles. The van der Waals surface area contributed by atoms with Crippen LogP contribution in [0.25, 0.3) is 0 Å². The lowest BCUT2D eigenvalue weighted by Crippen LogP contribution is -2.45. The van der Waals surface area contributed by atoms with Gasteiger partial charge in [0.15, 0.2) is 7.85 Å². The zero-order chi connectivity index (χ0) is 18.3. The Morgan fingerprint density at radius 2 is 2.17 bits per heavy atom. The summed E-state index contributed by atoms with van der Waals surface area (Å²) in [5.74, 6) is 0. The monoisotopic (exact) mass is 352 g/mol. The summed E-state index contributed by atoms with van der Waals surface area (Å²) in [6.07, 6.45) is 0.974. The largest absolute Gasteiger partial charge is 0.443 e. The molecule has 3 N–H and O–H groups in total. The zero-order valence-corrected chi connectivity index (χ0v) is 15.6. The van der Waals surface area contributed by atoms with Gasteiger partial charge in [0.1, 0.15) is 10.8 Å². The van der Waals surface area contributed by atoms with Crippen LogP contribution in [0.3, 0.4) is 0 Å². The van der Waals surface area contributed by atoms with Crippen molar-refractivity contribution in [1.82, 2.24) is 15.4 Å². The molecule has 0 fully saturated rings. The molecule has 132 valence electrons. The fraction of sp³-hybridized carbons (Fsp3) is 0.500. The lowest BCUT2D eigenvalue weighted by Gasteiger charge is -2.28. The predicted octanol–water partition coefficient (Wildman–Crippen LogP) is 1.49. The lowest BCUT2D eigenvalue weighted by atomic mass is 10.0. The highest BCUT2D eigenvalue weighted by atomic mass is 35.5. The molecule has 0 atom stereocenters. The number of nitrogens with two attached hydrogens (primary N) is 1. The van der Waals surface area contributed by atoms with Crippen molar-refractivity contribution in [3.63, 3.8) is 0 Å². The van der Waals surface area contributed by atoms with E-state index in [2.05, 4.69) is 17.0 Å². The Kier molecular flexibility index (Phi) is 7.57. The van der Waals surface area contributed by atoms with E-state index in [9.17, 15) is 4.79 Å². The molecule has 0 unspecified atom stereocenters. The van der Waals surface area contributed by atoms with Crippen molar-refractivity contribution in [3.05, 3.63) is 35.1 Å². The molecule has 0 saturated heterocycles. The molecule has 0 bridgehead atoms. The van der Waals surface area contributed by atoms with E-state index in [4.69, 9.17) is 22.1 Å². The fourth-order valence-electron chi connectivity index (χ4n) is 1.87. The minimum absolute atomic E-state index is 0.255. The highest BCUT2D eigenvalue weighted by molar-refractivity contribution is 6.33. The number of rotatable bonds is 7. The molecule has 6 nitrogen and oxygen atoms in total. The number of hydrazine groups is 1. The van der Waals surface area contributed by atoms with Crippen LogP contribution in [-0.4, -0.2) is 36.1 Å². The third kappa shape index (κ3) is 7.70. The topological polar surface area (TPSA) is 80.5 Å². The van der Waals surface area contributed by atoms with Gasteiger partial charge in [0.05, 0.1) is 6.54 Å². The van der Waals surface area contributed by atoms with Crippen LogP contribution in [-0.2, 0) is 11.3 Å². The number of ether oxygens (including phenoxy) is 1. The Morgan fingerprint density at radius 1 is 1.50 bits per heavy atom. The zero-order valence-electron chi connectivity index (χ0n) is 14.9. The van der Waals surface area contributed by atoms with E-state index in [1.807, 2.05) is 40.8 Å². The second-order valence-corrected chi connectivity index (χ2v) is 7.00. The van der Waals surface area contributed by atoms with Gasteiger partial charge in [-0.05, 0) is 39.2 Å². The lowest BCUT2D eigenvalue weighted by molar-refractivity contribution is 0.0114. The molecule has 1 amide bonds. The Labute approximate surface area is 149 Å². The van der Waals surface area contributed by atoms with Gasteiger partial charge in [0.25, 0.3) is 0 Å². The van der Waals surface area contributed by atoms with Crippen molar-refractivity contribution >= 4 is 31.1 Å². The summed E-state index contributed by atoms with van der Waals surface area (Å²) in [6, 6.07) is 3.71. The van der Waals surface area contributed by atoms with Crippen molar-refractivity contribution in [3.8, 4) is 0 Å². The standard InChI is InChI=1S/C16H26BClN4O2/c1-11(19)6-5-9-20-22(15(23)24-16(2,3)4)10-12-7-8-13(17)21-14(12)18/h7-8,20H,1,5-6,9-10,17,19H2,2-4H3. The van der Waals surface area contributed by atoms with Crippen LogP contribution < -0.4 is 16.8 Å². The molecular formula is C16H26BClN4O2. The molecule has 1 aromatic rings. The third-order valence-electron chi connectivity index (χ3n) is 2.98. The van der Waals surface area contributed by atoms with Gasteiger partial charge in [-0.25, -0.2) is 15.2 Å². The van der Waals surface area contributed by atoms with Gasteiger partial charge in [-0.1, -0.05) is 30.3 Å². The van der Waals surface area contributed by atoms with Crippen LogP contribution in [0.4, 0.5) is 4.79 Å². The summed E-state index contributed by atoms with van der Waals surface area (Å²) in [5.41, 5.74) is 10.2. The minimum Gasteiger partial charge on any atom is -0.443 e.